The lowest BCUT2D eigenvalue weighted by Gasteiger charge is -2.14. The summed E-state index contributed by atoms with van der Waals surface area (Å²) in [5.41, 5.74) is 3.47. The van der Waals surface area contributed by atoms with Crippen LogP contribution in [-0.2, 0) is 11.2 Å². The molecule has 0 radical (unpaired) electrons. The maximum atomic E-state index is 11.8. The first-order valence-corrected chi connectivity index (χ1v) is 6.57. The summed E-state index contributed by atoms with van der Waals surface area (Å²) in [6.45, 7) is 4.02. The second-order valence-corrected chi connectivity index (χ2v) is 4.90. The first-order chi connectivity index (χ1) is 9.56. The molecule has 1 unspecified atom stereocenters. The highest BCUT2D eigenvalue weighted by atomic mass is 16.3. The van der Waals surface area contributed by atoms with Crippen LogP contribution < -0.4 is 5.32 Å². The minimum atomic E-state index is -0.693. The molecule has 3 N–H and O–H groups in total. The van der Waals surface area contributed by atoms with Crippen molar-refractivity contribution in [3.8, 4) is 0 Å². The van der Waals surface area contributed by atoms with Crippen molar-refractivity contribution in [1.29, 1.82) is 0 Å². The van der Waals surface area contributed by atoms with Crippen molar-refractivity contribution in [3.63, 3.8) is 0 Å². The minimum absolute atomic E-state index is 0.149. The summed E-state index contributed by atoms with van der Waals surface area (Å²) in [5.74, 6) is -0.149. The van der Waals surface area contributed by atoms with E-state index in [9.17, 15) is 9.90 Å². The van der Waals surface area contributed by atoms with E-state index < -0.39 is 6.10 Å². The van der Waals surface area contributed by atoms with Gasteiger partial charge in [0.25, 0.3) is 0 Å². The monoisotopic (exact) mass is 273 g/mol. The number of aryl methyl sites for hydroxylation is 2. The van der Waals surface area contributed by atoms with Crippen molar-refractivity contribution >= 4 is 5.91 Å². The average Bonchev–Trinajstić information content (AvgIpc) is 2.82. The summed E-state index contributed by atoms with van der Waals surface area (Å²) in [5, 5.41) is 19.6. The Labute approximate surface area is 118 Å². The first-order valence-electron chi connectivity index (χ1n) is 6.57. The van der Waals surface area contributed by atoms with Crippen molar-refractivity contribution in [2.24, 2.45) is 0 Å². The van der Waals surface area contributed by atoms with Crippen LogP contribution in [0.25, 0.3) is 0 Å². The Morgan fingerprint density at radius 1 is 1.40 bits per heavy atom. The molecule has 2 aromatic rings. The average molecular weight is 273 g/mol. The molecule has 0 spiro atoms. The molecule has 0 saturated carbocycles. The maximum Gasteiger partial charge on any atom is 0.226 e. The Morgan fingerprint density at radius 3 is 2.80 bits per heavy atom. The third-order valence-electron chi connectivity index (χ3n) is 3.14. The fourth-order valence-electron chi connectivity index (χ4n) is 2.07. The number of hydrogen-bond donors (Lipinski definition) is 3. The van der Waals surface area contributed by atoms with Crippen LogP contribution in [0.15, 0.2) is 30.3 Å². The van der Waals surface area contributed by atoms with E-state index in [1.165, 1.54) is 0 Å². The van der Waals surface area contributed by atoms with E-state index in [4.69, 9.17) is 0 Å². The number of aliphatic hydroxyl groups excluding tert-OH is 1. The molecule has 5 heteroatoms. The van der Waals surface area contributed by atoms with Crippen LogP contribution in [0.1, 0.15) is 28.6 Å². The molecular formula is C15H19N3O2. The van der Waals surface area contributed by atoms with Crippen LogP contribution in [0, 0.1) is 13.8 Å². The highest BCUT2D eigenvalue weighted by Crippen LogP contribution is 2.16. The third-order valence-corrected chi connectivity index (χ3v) is 3.14. The van der Waals surface area contributed by atoms with Gasteiger partial charge in [-0.2, -0.15) is 5.10 Å². The van der Waals surface area contributed by atoms with Crippen LogP contribution in [0.2, 0.25) is 0 Å². The molecule has 1 amide bonds. The molecule has 1 aromatic heterocycles. The summed E-state index contributed by atoms with van der Waals surface area (Å²) in [4.78, 5) is 11.8. The van der Waals surface area contributed by atoms with E-state index in [2.05, 4.69) is 15.5 Å². The molecule has 0 aliphatic carbocycles. The van der Waals surface area contributed by atoms with E-state index >= 15 is 0 Å². The summed E-state index contributed by atoms with van der Waals surface area (Å²) in [7, 11) is 0. The molecule has 0 saturated heterocycles. The number of benzene rings is 1. The van der Waals surface area contributed by atoms with Gasteiger partial charge in [-0.3, -0.25) is 9.89 Å². The fourth-order valence-corrected chi connectivity index (χ4v) is 2.07. The van der Waals surface area contributed by atoms with Crippen LogP contribution in [-0.4, -0.2) is 27.8 Å². The normalized spacial score (nSPS) is 12.2. The van der Waals surface area contributed by atoms with Gasteiger partial charge in [0.2, 0.25) is 5.91 Å². The highest BCUT2D eigenvalue weighted by Gasteiger charge is 2.12. The Hall–Kier alpha value is -2.14. The van der Waals surface area contributed by atoms with Crippen LogP contribution >= 0.6 is 0 Å². The summed E-state index contributed by atoms with van der Waals surface area (Å²) in [6, 6.07) is 9.43. The molecule has 1 atom stereocenters. The number of nitrogens with zero attached hydrogens (tertiary/aromatic N) is 1. The summed E-state index contributed by atoms with van der Waals surface area (Å²) >= 11 is 0. The number of nitrogens with one attached hydrogen (secondary N) is 2. The van der Waals surface area contributed by atoms with Crippen molar-refractivity contribution in [2.45, 2.75) is 26.4 Å². The molecule has 0 fully saturated rings. The molecule has 106 valence electrons. The molecule has 0 aliphatic heterocycles. The zero-order chi connectivity index (χ0) is 14.5. The smallest absolute Gasteiger partial charge is 0.226 e. The standard InChI is InChI=1S/C15H19N3O2/c1-10-5-3-4-6-13(10)14(19)9-16-15(20)8-12-7-11(2)17-18-12/h3-7,14,19H,8-9H2,1-2H3,(H,16,20)(H,17,18). The number of aromatic nitrogens is 2. The largest absolute Gasteiger partial charge is 0.387 e. The lowest BCUT2D eigenvalue weighted by Crippen LogP contribution is -2.30. The highest BCUT2D eigenvalue weighted by molar-refractivity contribution is 5.78. The molecule has 2 rings (SSSR count). The molecular weight excluding hydrogens is 254 g/mol. The van der Waals surface area contributed by atoms with Gasteiger partial charge >= 0.3 is 0 Å². The van der Waals surface area contributed by atoms with E-state index in [-0.39, 0.29) is 18.9 Å². The van der Waals surface area contributed by atoms with E-state index in [1.54, 1.807) is 0 Å². The molecule has 1 aromatic carbocycles. The Morgan fingerprint density at radius 2 is 2.15 bits per heavy atom. The van der Waals surface area contributed by atoms with Crippen LogP contribution in [0.5, 0.6) is 0 Å². The van der Waals surface area contributed by atoms with Gasteiger partial charge in [0.05, 0.1) is 18.2 Å². The number of carbonyl (C=O) groups is 1. The number of aliphatic hydroxyl groups is 1. The molecule has 1 heterocycles. The fraction of sp³-hybridized carbons (Fsp3) is 0.333. The zero-order valence-corrected chi connectivity index (χ0v) is 11.7. The maximum absolute atomic E-state index is 11.8. The number of rotatable bonds is 5. The quantitative estimate of drug-likeness (QED) is 0.771. The van der Waals surface area contributed by atoms with E-state index in [0.29, 0.717) is 5.69 Å². The number of hydrogen-bond acceptors (Lipinski definition) is 3. The van der Waals surface area contributed by atoms with E-state index in [1.807, 2.05) is 44.2 Å². The summed E-state index contributed by atoms with van der Waals surface area (Å²) < 4.78 is 0. The molecule has 20 heavy (non-hydrogen) atoms. The van der Waals surface area contributed by atoms with E-state index in [0.717, 1.165) is 16.8 Å². The number of aromatic amines is 1. The number of amides is 1. The van der Waals surface area contributed by atoms with Crippen LogP contribution in [0.3, 0.4) is 0 Å². The van der Waals surface area contributed by atoms with Gasteiger partial charge in [-0.25, -0.2) is 0 Å². The number of H-pyrrole nitrogens is 1. The minimum Gasteiger partial charge on any atom is -0.387 e. The Kier molecular flexibility index (Phi) is 4.53. The van der Waals surface area contributed by atoms with Crippen molar-refractivity contribution in [2.75, 3.05) is 6.54 Å². The lowest BCUT2D eigenvalue weighted by molar-refractivity contribution is -0.120. The van der Waals surface area contributed by atoms with Gasteiger partial charge < -0.3 is 10.4 Å². The van der Waals surface area contributed by atoms with Gasteiger partial charge in [0.1, 0.15) is 0 Å². The van der Waals surface area contributed by atoms with Gasteiger partial charge in [0, 0.05) is 12.2 Å². The topological polar surface area (TPSA) is 78.0 Å². The zero-order valence-electron chi connectivity index (χ0n) is 11.7. The Balaban J connectivity index is 1.85. The molecule has 0 aliphatic rings. The molecule has 0 bridgehead atoms. The van der Waals surface area contributed by atoms with Gasteiger partial charge in [-0.15, -0.1) is 0 Å². The summed E-state index contributed by atoms with van der Waals surface area (Å²) in [6.07, 6.45) is -0.480. The second kappa shape index (κ2) is 6.34. The van der Waals surface area contributed by atoms with Gasteiger partial charge in [-0.1, -0.05) is 24.3 Å². The number of carbonyl (C=O) groups excluding carboxylic acids is 1. The van der Waals surface area contributed by atoms with Gasteiger partial charge in [-0.05, 0) is 31.0 Å². The SMILES string of the molecule is Cc1cc(CC(=O)NCC(O)c2ccccc2C)n[nH]1. The van der Waals surface area contributed by atoms with Crippen molar-refractivity contribution in [1.82, 2.24) is 15.5 Å². The Bertz CT molecular complexity index is 592. The predicted molar refractivity (Wildman–Crippen MR) is 76.2 cm³/mol. The third kappa shape index (κ3) is 3.68. The second-order valence-electron chi connectivity index (χ2n) is 4.90. The van der Waals surface area contributed by atoms with Gasteiger partial charge in [0.15, 0.2) is 0 Å². The lowest BCUT2D eigenvalue weighted by atomic mass is 10.0. The van der Waals surface area contributed by atoms with Crippen molar-refractivity contribution in [3.05, 3.63) is 52.8 Å². The van der Waals surface area contributed by atoms with Crippen LogP contribution in [0.4, 0.5) is 0 Å². The first kappa shape index (κ1) is 14.3. The predicted octanol–water partition coefficient (Wildman–Crippen LogP) is 1.42. The van der Waals surface area contributed by atoms with Crippen molar-refractivity contribution < 1.29 is 9.90 Å². The molecule has 5 nitrogen and oxygen atoms in total.